The van der Waals surface area contributed by atoms with E-state index in [0.717, 1.165) is 9.87 Å². The van der Waals surface area contributed by atoms with Gasteiger partial charge in [-0.2, -0.15) is 5.26 Å². The van der Waals surface area contributed by atoms with Gasteiger partial charge in [-0.25, -0.2) is 8.42 Å². The summed E-state index contributed by atoms with van der Waals surface area (Å²) in [5.74, 6) is -0.0328. The summed E-state index contributed by atoms with van der Waals surface area (Å²) in [6, 6.07) is 23.3. The highest BCUT2D eigenvalue weighted by Gasteiger charge is 2.27. The van der Waals surface area contributed by atoms with E-state index < -0.39 is 22.5 Å². The van der Waals surface area contributed by atoms with E-state index in [9.17, 15) is 13.2 Å². The van der Waals surface area contributed by atoms with Crippen LogP contribution in [0.5, 0.6) is 5.75 Å². The molecule has 0 aliphatic heterocycles. The zero-order valence-corrected chi connectivity index (χ0v) is 17.7. The van der Waals surface area contributed by atoms with Gasteiger partial charge < -0.3 is 10.1 Å². The zero-order chi connectivity index (χ0) is 22.3. The molecule has 3 aromatic carbocycles. The van der Waals surface area contributed by atoms with Crippen molar-refractivity contribution < 1.29 is 17.9 Å². The lowest BCUT2D eigenvalue weighted by Gasteiger charge is -2.24. The van der Waals surface area contributed by atoms with Gasteiger partial charge in [-0.3, -0.25) is 9.10 Å². The van der Waals surface area contributed by atoms with Gasteiger partial charge in [0.25, 0.3) is 10.0 Å². The van der Waals surface area contributed by atoms with Crippen LogP contribution in [0.25, 0.3) is 0 Å². The van der Waals surface area contributed by atoms with Gasteiger partial charge >= 0.3 is 0 Å². The number of nitrogens with one attached hydrogen (secondary N) is 1. The normalized spacial score (nSPS) is 10.7. The summed E-state index contributed by atoms with van der Waals surface area (Å²) >= 11 is 0. The van der Waals surface area contributed by atoms with E-state index in [1.807, 2.05) is 0 Å². The van der Waals surface area contributed by atoms with E-state index >= 15 is 0 Å². The number of amides is 1. The third-order valence-electron chi connectivity index (χ3n) is 4.48. The van der Waals surface area contributed by atoms with E-state index in [1.165, 1.54) is 19.2 Å². The van der Waals surface area contributed by atoms with Crippen LogP contribution in [0.3, 0.4) is 0 Å². The summed E-state index contributed by atoms with van der Waals surface area (Å²) in [7, 11) is -2.52. The van der Waals surface area contributed by atoms with E-state index in [1.54, 1.807) is 66.7 Å². The Bertz CT molecular complexity index is 1190. The van der Waals surface area contributed by atoms with Crippen molar-refractivity contribution >= 4 is 27.3 Å². The van der Waals surface area contributed by atoms with Crippen molar-refractivity contribution in [2.24, 2.45) is 0 Å². The molecule has 3 rings (SSSR count). The lowest BCUT2D eigenvalue weighted by molar-refractivity contribution is -0.114. The number of benzene rings is 3. The summed E-state index contributed by atoms with van der Waals surface area (Å²) in [5.41, 5.74) is 1.64. The summed E-state index contributed by atoms with van der Waals surface area (Å²) in [6.45, 7) is -0.426. The molecule has 0 atom stereocenters. The molecule has 1 amide bonds. The smallest absolute Gasteiger partial charge is 0.264 e. The number of hydrogen-bond acceptors (Lipinski definition) is 5. The molecule has 0 aliphatic carbocycles. The van der Waals surface area contributed by atoms with Crippen LogP contribution in [0.4, 0.5) is 11.4 Å². The Labute approximate surface area is 181 Å². The van der Waals surface area contributed by atoms with Crippen molar-refractivity contribution in [2.75, 3.05) is 23.3 Å². The SMILES string of the molecule is COc1cccc(N(CC(=O)Nc2ccc(CC#N)cc2)S(=O)(=O)c2ccccc2)c1. The van der Waals surface area contributed by atoms with Crippen LogP contribution in [0, 0.1) is 11.3 Å². The fourth-order valence-corrected chi connectivity index (χ4v) is 4.36. The minimum Gasteiger partial charge on any atom is -0.497 e. The van der Waals surface area contributed by atoms with E-state index in [0.29, 0.717) is 17.1 Å². The minimum absolute atomic E-state index is 0.0754. The predicted octanol–water partition coefficient (Wildman–Crippen LogP) is 3.60. The molecule has 0 bridgehead atoms. The molecule has 158 valence electrons. The summed E-state index contributed by atoms with van der Waals surface area (Å²) in [6.07, 6.45) is 0.271. The van der Waals surface area contributed by atoms with Crippen LogP contribution in [0.15, 0.2) is 83.8 Å². The van der Waals surface area contributed by atoms with Crippen LogP contribution in [0.1, 0.15) is 5.56 Å². The minimum atomic E-state index is -4.00. The lowest BCUT2D eigenvalue weighted by atomic mass is 10.1. The van der Waals surface area contributed by atoms with E-state index in [2.05, 4.69) is 11.4 Å². The molecule has 0 spiro atoms. The number of rotatable bonds is 8. The Morgan fingerprint density at radius 1 is 1.03 bits per heavy atom. The Morgan fingerprint density at radius 2 is 1.74 bits per heavy atom. The third kappa shape index (κ3) is 5.41. The highest BCUT2D eigenvalue weighted by molar-refractivity contribution is 7.92. The van der Waals surface area contributed by atoms with Crippen molar-refractivity contribution in [3.8, 4) is 11.8 Å². The average Bonchev–Trinajstić information content (AvgIpc) is 2.79. The highest BCUT2D eigenvalue weighted by Crippen LogP contribution is 2.27. The van der Waals surface area contributed by atoms with Crippen LogP contribution >= 0.6 is 0 Å². The third-order valence-corrected chi connectivity index (χ3v) is 6.27. The first-order chi connectivity index (χ1) is 14.9. The second-order valence-corrected chi connectivity index (χ2v) is 8.47. The lowest BCUT2D eigenvalue weighted by Crippen LogP contribution is -2.38. The molecule has 0 fully saturated rings. The van der Waals surface area contributed by atoms with Gasteiger partial charge in [-0.15, -0.1) is 0 Å². The first-order valence-electron chi connectivity index (χ1n) is 9.41. The molecule has 31 heavy (non-hydrogen) atoms. The molecule has 0 saturated carbocycles. The molecular formula is C23H21N3O4S. The first kappa shape index (κ1) is 21.9. The number of hydrogen-bond donors (Lipinski definition) is 1. The summed E-state index contributed by atoms with van der Waals surface area (Å²) in [5, 5.41) is 11.5. The highest BCUT2D eigenvalue weighted by atomic mass is 32.2. The van der Waals surface area contributed by atoms with Crippen molar-refractivity contribution in [3.05, 3.63) is 84.4 Å². The maximum absolute atomic E-state index is 13.3. The van der Waals surface area contributed by atoms with Crippen LogP contribution in [-0.4, -0.2) is 28.0 Å². The number of methoxy groups -OCH3 is 1. The molecule has 0 unspecified atom stereocenters. The number of carbonyl (C=O) groups excluding carboxylic acids is 1. The maximum atomic E-state index is 13.3. The van der Waals surface area contributed by atoms with Crippen molar-refractivity contribution in [3.63, 3.8) is 0 Å². The fourth-order valence-electron chi connectivity index (χ4n) is 2.93. The Kier molecular flexibility index (Phi) is 6.90. The van der Waals surface area contributed by atoms with Crippen LogP contribution in [0.2, 0.25) is 0 Å². The van der Waals surface area contributed by atoms with Gasteiger partial charge in [0.1, 0.15) is 12.3 Å². The van der Waals surface area contributed by atoms with E-state index in [-0.39, 0.29) is 11.3 Å². The Hall–Kier alpha value is -3.83. The molecule has 0 saturated heterocycles. The zero-order valence-electron chi connectivity index (χ0n) is 16.9. The predicted molar refractivity (Wildman–Crippen MR) is 118 cm³/mol. The number of carbonyl (C=O) groups is 1. The van der Waals surface area contributed by atoms with E-state index in [4.69, 9.17) is 10.00 Å². The molecule has 0 heterocycles. The van der Waals surface area contributed by atoms with Gasteiger partial charge in [0.15, 0.2) is 0 Å². The molecule has 3 aromatic rings. The fraction of sp³-hybridized carbons (Fsp3) is 0.130. The van der Waals surface area contributed by atoms with Gasteiger partial charge in [0, 0.05) is 11.8 Å². The Morgan fingerprint density at radius 3 is 2.39 bits per heavy atom. The molecular weight excluding hydrogens is 414 g/mol. The molecule has 1 N–H and O–H groups in total. The van der Waals surface area contributed by atoms with Gasteiger partial charge in [-0.1, -0.05) is 36.4 Å². The second kappa shape index (κ2) is 9.78. The molecule has 0 aromatic heterocycles. The quantitative estimate of drug-likeness (QED) is 0.583. The second-order valence-electron chi connectivity index (χ2n) is 6.61. The maximum Gasteiger partial charge on any atom is 0.264 e. The standard InChI is InChI=1S/C23H21N3O4S/c1-30-21-7-5-6-20(16-21)26(31(28,29)22-8-3-2-4-9-22)17-23(27)25-19-12-10-18(11-13-19)14-15-24/h2-13,16H,14,17H2,1H3,(H,25,27). The van der Waals surface area contributed by atoms with Crippen molar-refractivity contribution in [1.82, 2.24) is 0 Å². The Balaban J connectivity index is 1.89. The van der Waals surface area contributed by atoms with Crippen molar-refractivity contribution in [2.45, 2.75) is 11.3 Å². The largest absolute Gasteiger partial charge is 0.497 e. The molecule has 0 aliphatic rings. The number of nitriles is 1. The summed E-state index contributed by atoms with van der Waals surface area (Å²) < 4.78 is 32.9. The number of nitrogens with zero attached hydrogens (tertiary/aromatic N) is 2. The van der Waals surface area contributed by atoms with Crippen molar-refractivity contribution in [1.29, 1.82) is 5.26 Å². The van der Waals surface area contributed by atoms with Crippen LogP contribution in [-0.2, 0) is 21.2 Å². The number of sulfonamides is 1. The summed E-state index contributed by atoms with van der Waals surface area (Å²) in [4.78, 5) is 12.8. The molecule has 8 heteroatoms. The van der Waals surface area contributed by atoms with Gasteiger partial charge in [-0.05, 0) is 42.0 Å². The average molecular weight is 436 g/mol. The van der Waals surface area contributed by atoms with Gasteiger partial charge in [0.05, 0.1) is 30.2 Å². The number of anilines is 2. The van der Waals surface area contributed by atoms with Gasteiger partial charge in [0.2, 0.25) is 5.91 Å². The first-order valence-corrected chi connectivity index (χ1v) is 10.9. The topological polar surface area (TPSA) is 99.5 Å². The molecule has 0 radical (unpaired) electrons. The monoisotopic (exact) mass is 435 g/mol. The van der Waals surface area contributed by atoms with Crippen LogP contribution < -0.4 is 14.4 Å². The molecule has 7 nitrogen and oxygen atoms in total. The number of ether oxygens (including phenoxy) is 1.